The number of aryl methyl sites for hydroxylation is 1. The number of aromatic nitrogens is 3. The molecule has 0 fully saturated rings. The lowest BCUT2D eigenvalue weighted by Crippen LogP contribution is -2.19. The largest absolute Gasteiger partial charge is 0.328 e. The van der Waals surface area contributed by atoms with Gasteiger partial charge in [0.15, 0.2) is 0 Å². The van der Waals surface area contributed by atoms with Crippen LogP contribution in [0.4, 0.5) is 0 Å². The number of nitrogens with two attached hydrogens (primary N) is 1. The molecule has 0 aliphatic heterocycles. The monoisotopic (exact) mass is 248 g/mol. The van der Waals surface area contributed by atoms with Crippen LogP contribution in [0.25, 0.3) is 0 Å². The highest BCUT2D eigenvalue weighted by atomic mass is 32.1. The number of hydrogen-bond acceptors (Lipinski definition) is 5. The summed E-state index contributed by atoms with van der Waals surface area (Å²) < 4.78 is 0. The third kappa shape index (κ3) is 3.57. The van der Waals surface area contributed by atoms with Crippen molar-refractivity contribution in [1.29, 1.82) is 0 Å². The van der Waals surface area contributed by atoms with Gasteiger partial charge >= 0.3 is 0 Å². The maximum atomic E-state index is 5.76. The molecule has 2 N–H and O–H groups in total. The van der Waals surface area contributed by atoms with Gasteiger partial charge in [0, 0.05) is 35.4 Å². The zero-order valence-electron chi connectivity index (χ0n) is 10.1. The Labute approximate surface area is 105 Å². The van der Waals surface area contributed by atoms with Gasteiger partial charge in [0.2, 0.25) is 0 Å². The van der Waals surface area contributed by atoms with E-state index in [-0.39, 0.29) is 6.04 Å². The van der Waals surface area contributed by atoms with Crippen molar-refractivity contribution in [3.63, 3.8) is 0 Å². The number of rotatable bonds is 4. The van der Waals surface area contributed by atoms with Gasteiger partial charge in [0.25, 0.3) is 0 Å². The molecule has 0 spiro atoms. The lowest BCUT2D eigenvalue weighted by molar-refractivity contribution is 0.713. The molecule has 0 saturated carbocycles. The molecule has 2 aromatic rings. The van der Waals surface area contributed by atoms with E-state index >= 15 is 0 Å². The van der Waals surface area contributed by atoms with E-state index in [1.165, 1.54) is 0 Å². The Morgan fingerprint density at radius 1 is 1.41 bits per heavy atom. The summed E-state index contributed by atoms with van der Waals surface area (Å²) in [4.78, 5) is 13.2. The van der Waals surface area contributed by atoms with Crippen LogP contribution in [0.15, 0.2) is 17.6 Å². The second-order valence-electron chi connectivity index (χ2n) is 4.21. The minimum Gasteiger partial charge on any atom is -0.328 e. The van der Waals surface area contributed by atoms with Crippen LogP contribution in [0.5, 0.6) is 0 Å². The minimum atomic E-state index is 0.125. The van der Waals surface area contributed by atoms with E-state index in [1.807, 2.05) is 25.3 Å². The highest BCUT2D eigenvalue weighted by molar-refractivity contribution is 7.09. The van der Waals surface area contributed by atoms with Crippen LogP contribution in [0.2, 0.25) is 0 Å². The van der Waals surface area contributed by atoms with E-state index in [0.717, 1.165) is 28.6 Å². The Morgan fingerprint density at radius 2 is 2.24 bits per heavy atom. The summed E-state index contributed by atoms with van der Waals surface area (Å²) in [5, 5.41) is 3.10. The van der Waals surface area contributed by atoms with Gasteiger partial charge in [-0.1, -0.05) is 0 Å². The maximum Gasteiger partial charge on any atom is 0.135 e. The molecule has 0 radical (unpaired) electrons. The van der Waals surface area contributed by atoms with Crippen LogP contribution >= 0.6 is 11.3 Å². The molecule has 1 unspecified atom stereocenters. The van der Waals surface area contributed by atoms with Crippen LogP contribution in [-0.2, 0) is 12.8 Å². The van der Waals surface area contributed by atoms with Gasteiger partial charge < -0.3 is 5.73 Å². The van der Waals surface area contributed by atoms with Crippen molar-refractivity contribution in [2.24, 2.45) is 5.73 Å². The summed E-state index contributed by atoms with van der Waals surface area (Å²) in [5.41, 5.74) is 7.81. The van der Waals surface area contributed by atoms with Crippen LogP contribution in [-0.4, -0.2) is 21.0 Å². The van der Waals surface area contributed by atoms with Gasteiger partial charge in [-0.05, 0) is 19.9 Å². The van der Waals surface area contributed by atoms with E-state index in [1.54, 1.807) is 17.5 Å². The molecule has 0 saturated heterocycles. The molecular weight excluding hydrogens is 232 g/mol. The fourth-order valence-corrected chi connectivity index (χ4v) is 2.36. The second kappa shape index (κ2) is 5.33. The van der Waals surface area contributed by atoms with Crippen molar-refractivity contribution in [2.75, 3.05) is 0 Å². The molecule has 1 atom stereocenters. The predicted molar refractivity (Wildman–Crippen MR) is 69.0 cm³/mol. The van der Waals surface area contributed by atoms with Crippen LogP contribution in [0, 0.1) is 6.92 Å². The van der Waals surface area contributed by atoms with Crippen molar-refractivity contribution >= 4 is 11.3 Å². The third-order valence-corrected chi connectivity index (χ3v) is 3.24. The Hall–Kier alpha value is -1.33. The SMILES string of the molecule is Cc1csc(Cc2nccc(CC(C)N)n2)n1. The van der Waals surface area contributed by atoms with Gasteiger partial charge in [0.1, 0.15) is 10.8 Å². The van der Waals surface area contributed by atoms with Crippen molar-refractivity contribution < 1.29 is 0 Å². The molecule has 0 amide bonds. The van der Waals surface area contributed by atoms with Crippen molar-refractivity contribution in [2.45, 2.75) is 32.7 Å². The molecular formula is C12H16N4S. The quantitative estimate of drug-likeness (QED) is 0.894. The van der Waals surface area contributed by atoms with Crippen molar-refractivity contribution in [1.82, 2.24) is 15.0 Å². The minimum absolute atomic E-state index is 0.125. The highest BCUT2D eigenvalue weighted by Crippen LogP contribution is 2.12. The third-order valence-electron chi connectivity index (χ3n) is 2.27. The first-order chi connectivity index (χ1) is 8.13. The summed E-state index contributed by atoms with van der Waals surface area (Å²) in [6.07, 6.45) is 3.28. The molecule has 0 aromatic carbocycles. The molecule has 2 rings (SSSR count). The highest BCUT2D eigenvalue weighted by Gasteiger charge is 2.05. The van der Waals surface area contributed by atoms with E-state index in [4.69, 9.17) is 5.73 Å². The van der Waals surface area contributed by atoms with Gasteiger partial charge in [0.05, 0.1) is 6.42 Å². The molecule has 0 aliphatic rings. The Kier molecular flexibility index (Phi) is 3.81. The summed E-state index contributed by atoms with van der Waals surface area (Å²) in [6, 6.07) is 2.04. The average molecular weight is 248 g/mol. The maximum absolute atomic E-state index is 5.76. The van der Waals surface area contributed by atoms with E-state index in [9.17, 15) is 0 Å². The van der Waals surface area contributed by atoms with Gasteiger partial charge in [-0.25, -0.2) is 15.0 Å². The summed E-state index contributed by atoms with van der Waals surface area (Å²) in [7, 11) is 0. The van der Waals surface area contributed by atoms with Crippen molar-refractivity contribution in [3.8, 4) is 0 Å². The summed E-state index contributed by atoms with van der Waals surface area (Å²) >= 11 is 1.65. The smallest absolute Gasteiger partial charge is 0.135 e. The average Bonchev–Trinajstić information content (AvgIpc) is 2.63. The lowest BCUT2D eigenvalue weighted by atomic mass is 10.2. The predicted octanol–water partition coefficient (Wildman–Crippen LogP) is 1.72. The molecule has 4 nitrogen and oxygen atoms in total. The zero-order valence-corrected chi connectivity index (χ0v) is 10.9. The fraction of sp³-hybridized carbons (Fsp3) is 0.417. The molecule has 17 heavy (non-hydrogen) atoms. The normalized spacial score (nSPS) is 12.6. The topological polar surface area (TPSA) is 64.7 Å². The molecule has 5 heteroatoms. The fourth-order valence-electron chi connectivity index (χ4n) is 1.59. The Bertz CT molecular complexity index is 493. The van der Waals surface area contributed by atoms with Crippen molar-refractivity contribution in [3.05, 3.63) is 39.9 Å². The first-order valence-corrected chi connectivity index (χ1v) is 6.49. The van der Waals surface area contributed by atoms with Crippen LogP contribution in [0.1, 0.15) is 29.1 Å². The van der Waals surface area contributed by atoms with E-state index < -0.39 is 0 Å². The molecule has 2 heterocycles. The number of thiazole rings is 1. The lowest BCUT2D eigenvalue weighted by Gasteiger charge is -2.05. The molecule has 0 aliphatic carbocycles. The summed E-state index contributed by atoms with van der Waals surface area (Å²) in [5.74, 6) is 0.817. The van der Waals surface area contributed by atoms with Crippen LogP contribution in [0.3, 0.4) is 0 Å². The zero-order chi connectivity index (χ0) is 12.3. The summed E-state index contributed by atoms with van der Waals surface area (Å²) in [6.45, 7) is 3.97. The Balaban J connectivity index is 2.10. The van der Waals surface area contributed by atoms with E-state index in [2.05, 4.69) is 15.0 Å². The van der Waals surface area contributed by atoms with Gasteiger partial charge in [-0.3, -0.25) is 0 Å². The molecule has 2 aromatic heterocycles. The first kappa shape index (κ1) is 12.1. The second-order valence-corrected chi connectivity index (χ2v) is 5.15. The van der Waals surface area contributed by atoms with Gasteiger partial charge in [-0.15, -0.1) is 11.3 Å². The Morgan fingerprint density at radius 3 is 2.88 bits per heavy atom. The van der Waals surface area contributed by atoms with Gasteiger partial charge in [-0.2, -0.15) is 0 Å². The standard InChI is InChI=1S/C12H16N4S/c1-8(13)5-10-3-4-14-11(16-10)6-12-15-9(2)7-17-12/h3-4,7-8H,5-6,13H2,1-2H3. The van der Waals surface area contributed by atoms with E-state index in [0.29, 0.717) is 6.42 Å². The number of hydrogen-bond donors (Lipinski definition) is 1. The number of nitrogens with zero attached hydrogens (tertiary/aromatic N) is 3. The molecule has 0 bridgehead atoms. The van der Waals surface area contributed by atoms with Crippen LogP contribution < -0.4 is 5.73 Å². The molecule has 90 valence electrons. The first-order valence-electron chi connectivity index (χ1n) is 5.61.